The zero-order valence-electron chi connectivity index (χ0n) is 7.81. The molecule has 0 fully saturated rings. The number of nitrogens with zero attached hydrogens (tertiary/aromatic N) is 1. The molecule has 2 unspecified atom stereocenters. The Labute approximate surface area is 87.6 Å². The van der Waals surface area contributed by atoms with Crippen LogP contribution in [0.2, 0.25) is 5.15 Å². The van der Waals surface area contributed by atoms with E-state index >= 15 is 0 Å². The summed E-state index contributed by atoms with van der Waals surface area (Å²) in [6.07, 6.45) is -1.90. The second-order valence-corrected chi connectivity index (χ2v) is 3.34. The van der Waals surface area contributed by atoms with Crippen molar-refractivity contribution in [3.05, 3.63) is 29.0 Å². The highest BCUT2D eigenvalue weighted by Gasteiger charge is 2.18. The van der Waals surface area contributed by atoms with Crippen molar-refractivity contribution in [3.8, 4) is 0 Å². The lowest BCUT2D eigenvalue weighted by atomic mass is 10.1. The highest BCUT2D eigenvalue weighted by molar-refractivity contribution is 6.29. The molecule has 1 rings (SSSR count). The number of pyridine rings is 1. The largest absolute Gasteiger partial charge is 0.389 e. The number of hydrogen-bond donors (Lipinski definition) is 3. The number of nitrogens with one attached hydrogen (secondary N) is 1. The first kappa shape index (κ1) is 11.4. The van der Waals surface area contributed by atoms with Gasteiger partial charge in [-0.3, -0.25) is 0 Å². The van der Waals surface area contributed by atoms with Gasteiger partial charge in [0.2, 0.25) is 0 Å². The highest BCUT2D eigenvalue weighted by Crippen LogP contribution is 2.16. The number of halogens is 1. The summed E-state index contributed by atoms with van der Waals surface area (Å²) in [6, 6.07) is 4.91. The van der Waals surface area contributed by atoms with E-state index in [2.05, 4.69) is 10.3 Å². The van der Waals surface area contributed by atoms with Crippen molar-refractivity contribution in [1.82, 2.24) is 10.3 Å². The van der Waals surface area contributed by atoms with Crippen LogP contribution in [-0.2, 0) is 0 Å². The molecule has 2 atom stereocenters. The van der Waals surface area contributed by atoms with Gasteiger partial charge < -0.3 is 15.5 Å². The van der Waals surface area contributed by atoms with Crippen LogP contribution in [0.1, 0.15) is 11.8 Å². The van der Waals surface area contributed by atoms with Crippen LogP contribution in [0.4, 0.5) is 0 Å². The van der Waals surface area contributed by atoms with Crippen LogP contribution in [-0.4, -0.2) is 34.9 Å². The molecule has 3 N–H and O–H groups in total. The van der Waals surface area contributed by atoms with Gasteiger partial charge in [-0.05, 0) is 19.2 Å². The summed E-state index contributed by atoms with van der Waals surface area (Å²) in [6.45, 7) is 0.301. The molecule has 0 spiro atoms. The van der Waals surface area contributed by atoms with Crippen LogP contribution in [0.25, 0.3) is 0 Å². The number of likely N-dealkylation sites (N-methyl/N-ethyl adjacent to an activating group) is 1. The van der Waals surface area contributed by atoms with E-state index in [1.165, 1.54) is 0 Å². The van der Waals surface area contributed by atoms with Crippen molar-refractivity contribution in [2.24, 2.45) is 0 Å². The minimum absolute atomic E-state index is 0.301. The van der Waals surface area contributed by atoms with Gasteiger partial charge in [-0.1, -0.05) is 17.7 Å². The number of aliphatic hydroxyl groups excluding tert-OH is 2. The molecule has 14 heavy (non-hydrogen) atoms. The third-order valence-corrected chi connectivity index (χ3v) is 2.03. The predicted molar refractivity (Wildman–Crippen MR) is 54.1 cm³/mol. The van der Waals surface area contributed by atoms with Gasteiger partial charge in [-0.25, -0.2) is 4.98 Å². The maximum atomic E-state index is 9.63. The molecule has 4 nitrogen and oxygen atoms in total. The quantitative estimate of drug-likeness (QED) is 0.636. The number of aromatic nitrogens is 1. The van der Waals surface area contributed by atoms with Gasteiger partial charge in [-0.2, -0.15) is 0 Å². The van der Waals surface area contributed by atoms with Crippen LogP contribution < -0.4 is 5.32 Å². The highest BCUT2D eigenvalue weighted by atomic mass is 35.5. The van der Waals surface area contributed by atoms with Gasteiger partial charge in [0, 0.05) is 6.54 Å². The van der Waals surface area contributed by atoms with Crippen molar-refractivity contribution < 1.29 is 10.2 Å². The second-order valence-electron chi connectivity index (χ2n) is 2.96. The van der Waals surface area contributed by atoms with Gasteiger partial charge in [0.15, 0.2) is 0 Å². The molecule has 0 aliphatic rings. The molecule has 1 aromatic rings. The Bertz CT molecular complexity index is 296. The first-order valence-electron chi connectivity index (χ1n) is 4.28. The summed E-state index contributed by atoms with van der Waals surface area (Å²) in [5, 5.41) is 22.2. The molecule has 0 radical (unpaired) electrons. The third-order valence-electron chi connectivity index (χ3n) is 1.82. The Hall–Kier alpha value is -0.680. The van der Waals surface area contributed by atoms with Crippen LogP contribution in [0.3, 0.4) is 0 Å². The zero-order chi connectivity index (χ0) is 10.6. The third kappa shape index (κ3) is 2.92. The van der Waals surface area contributed by atoms with E-state index in [0.29, 0.717) is 17.4 Å². The van der Waals surface area contributed by atoms with Crippen LogP contribution in [0.5, 0.6) is 0 Å². The Morgan fingerprint density at radius 1 is 1.50 bits per heavy atom. The van der Waals surface area contributed by atoms with Gasteiger partial charge in [-0.15, -0.1) is 0 Å². The molecule has 0 aliphatic heterocycles. The molecule has 0 aliphatic carbocycles. The predicted octanol–water partition coefficient (Wildman–Crippen LogP) is 0.349. The first-order valence-corrected chi connectivity index (χ1v) is 4.66. The maximum Gasteiger partial charge on any atom is 0.129 e. The molecule has 0 saturated carbocycles. The molecular weight excluding hydrogens is 204 g/mol. The van der Waals surface area contributed by atoms with Gasteiger partial charge in [0.05, 0.1) is 11.8 Å². The fraction of sp³-hybridized carbons (Fsp3) is 0.444. The second kappa shape index (κ2) is 5.26. The summed E-state index contributed by atoms with van der Waals surface area (Å²) in [4.78, 5) is 3.90. The van der Waals surface area contributed by atoms with Crippen molar-refractivity contribution in [2.75, 3.05) is 13.6 Å². The summed E-state index contributed by atoms with van der Waals surface area (Å²) in [5.41, 5.74) is 0.375. The summed E-state index contributed by atoms with van der Waals surface area (Å²) < 4.78 is 0. The van der Waals surface area contributed by atoms with E-state index in [1.54, 1.807) is 25.2 Å². The van der Waals surface area contributed by atoms with Gasteiger partial charge >= 0.3 is 0 Å². The summed E-state index contributed by atoms with van der Waals surface area (Å²) in [5.74, 6) is 0. The number of hydrogen-bond acceptors (Lipinski definition) is 4. The summed E-state index contributed by atoms with van der Waals surface area (Å²) in [7, 11) is 1.70. The SMILES string of the molecule is CNCC(O)C(O)c1cccc(Cl)n1. The zero-order valence-corrected chi connectivity index (χ0v) is 8.57. The Morgan fingerprint density at radius 3 is 2.79 bits per heavy atom. The maximum absolute atomic E-state index is 9.63. The molecule has 1 aromatic heterocycles. The Kier molecular flexibility index (Phi) is 4.28. The smallest absolute Gasteiger partial charge is 0.129 e. The van der Waals surface area contributed by atoms with Gasteiger partial charge in [0.1, 0.15) is 11.3 Å². The molecule has 78 valence electrons. The fourth-order valence-electron chi connectivity index (χ4n) is 1.11. The van der Waals surface area contributed by atoms with E-state index in [1.807, 2.05) is 0 Å². The summed E-state index contributed by atoms with van der Waals surface area (Å²) >= 11 is 5.65. The van der Waals surface area contributed by atoms with E-state index < -0.39 is 12.2 Å². The lowest BCUT2D eigenvalue weighted by Crippen LogP contribution is -2.30. The van der Waals surface area contributed by atoms with E-state index in [4.69, 9.17) is 11.6 Å². The normalized spacial score (nSPS) is 15.1. The van der Waals surface area contributed by atoms with Crippen molar-refractivity contribution in [1.29, 1.82) is 0 Å². The molecule has 1 heterocycles. The standard InChI is InChI=1S/C9H13ClN2O2/c1-11-5-7(13)9(14)6-3-2-4-8(10)12-6/h2-4,7,9,11,13-14H,5H2,1H3. The lowest BCUT2D eigenvalue weighted by Gasteiger charge is -2.16. The minimum Gasteiger partial charge on any atom is -0.389 e. The number of aliphatic hydroxyl groups is 2. The topological polar surface area (TPSA) is 65.4 Å². The molecule has 0 aromatic carbocycles. The minimum atomic E-state index is -1.01. The average Bonchev–Trinajstić information content (AvgIpc) is 2.17. The monoisotopic (exact) mass is 216 g/mol. The molecule has 0 saturated heterocycles. The average molecular weight is 217 g/mol. The molecule has 0 bridgehead atoms. The van der Waals surface area contributed by atoms with E-state index in [0.717, 1.165) is 0 Å². The van der Waals surface area contributed by atoms with Crippen LogP contribution >= 0.6 is 11.6 Å². The van der Waals surface area contributed by atoms with Crippen molar-refractivity contribution >= 4 is 11.6 Å². The van der Waals surface area contributed by atoms with E-state index in [-0.39, 0.29) is 0 Å². The van der Waals surface area contributed by atoms with Crippen molar-refractivity contribution in [2.45, 2.75) is 12.2 Å². The Morgan fingerprint density at radius 2 is 2.21 bits per heavy atom. The van der Waals surface area contributed by atoms with Gasteiger partial charge in [0.25, 0.3) is 0 Å². The van der Waals surface area contributed by atoms with Crippen molar-refractivity contribution in [3.63, 3.8) is 0 Å². The molecular formula is C9H13ClN2O2. The molecule has 0 amide bonds. The molecule has 5 heteroatoms. The van der Waals surface area contributed by atoms with E-state index in [9.17, 15) is 10.2 Å². The number of rotatable bonds is 4. The van der Waals surface area contributed by atoms with Crippen LogP contribution in [0.15, 0.2) is 18.2 Å². The lowest BCUT2D eigenvalue weighted by molar-refractivity contribution is 0.0177. The Balaban J connectivity index is 2.73. The van der Waals surface area contributed by atoms with Crippen LogP contribution in [0, 0.1) is 0 Å². The fourth-order valence-corrected chi connectivity index (χ4v) is 1.28. The first-order chi connectivity index (χ1) is 6.65.